The molecule has 0 atom stereocenters. The zero-order valence-corrected chi connectivity index (χ0v) is 15.9. The highest BCUT2D eigenvalue weighted by Gasteiger charge is 2.17. The molecule has 1 N–H and O–H groups in total. The molecule has 8 heteroatoms. The molecule has 0 spiro atoms. The lowest BCUT2D eigenvalue weighted by molar-refractivity contribution is 0.0235. The number of benzene rings is 2. The Balaban J connectivity index is 1.61. The average Bonchev–Trinajstić information content (AvgIpc) is 3.02. The van der Waals surface area contributed by atoms with Crippen molar-refractivity contribution in [2.75, 3.05) is 0 Å². The molecule has 0 bridgehead atoms. The van der Waals surface area contributed by atoms with E-state index < -0.39 is 5.91 Å². The fourth-order valence-corrected chi connectivity index (χ4v) is 3.44. The summed E-state index contributed by atoms with van der Waals surface area (Å²) in [7, 11) is 0. The van der Waals surface area contributed by atoms with E-state index in [1.54, 1.807) is 36.4 Å². The van der Waals surface area contributed by atoms with Crippen LogP contribution in [0.15, 0.2) is 53.2 Å². The molecule has 0 aliphatic carbocycles. The Kier molecular flexibility index (Phi) is 4.93. The number of aromatic nitrogens is 1. The summed E-state index contributed by atoms with van der Waals surface area (Å²) in [6, 6.07) is 10.5. The molecular weight excluding hydrogens is 411 g/mol. The SMILES string of the molecule is O=C(NOCc1c(Cl)cncc1Cl)c1cccc2oc3ccc(Cl)cc3c12. The van der Waals surface area contributed by atoms with Crippen molar-refractivity contribution in [1.29, 1.82) is 0 Å². The van der Waals surface area contributed by atoms with Gasteiger partial charge >= 0.3 is 0 Å². The first-order valence-corrected chi connectivity index (χ1v) is 8.99. The number of hydroxylamine groups is 1. The van der Waals surface area contributed by atoms with Gasteiger partial charge in [0.15, 0.2) is 0 Å². The monoisotopic (exact) mass is 420 g/mol. The number of fused-ring (bicyclic) bond motifs is 3. The standard InChI is InChI=1S/C19H11Cl3N2O3/c20-10-4-5-16-12(6-10)18-11(2-1-3-17(18)27-16)19(25)24-26-9-13-14(21)7-23-8-15(13)22/h1-8H,9H2,(H,24,25). The van der Waals surface area contributed by atoms with Gasteiger partial charge in [-0.25, -0.2) is 5.48 Å². The summed E-state index contributed by atoms with van der Waals surface area (Å²) < 4.78 is 5.78. The third-order valence-electron chi connectivity index (χ3n) is 4.04. The number of hydrogen-bond donors (Lipinski definition) is 1. The van der Waals surface area contributed by atoms with Crippen molar-refractivity contribution in [3.8, 4) is 0 Å². The van der Waals surface area contributed by atoms with Crippen LogP contribution < -0.4 is 5.48 Å². The Bertz CT molecular complexity index is 1150. The van der Waals surface area contributed by atoms with Gasteiger partial charge in [0.25, 0.3) is 5.91 Å². The molecule has 0 saturated heterocycles. The Morgan fingerprint density at radius 2 is 1.85 bits per heavy atom. The van der Waals surface area contributed by atoms with Gasteiger partial charge in [-0.05, 0) is 30.3 Å². The predicted molar refractivity (Wildman–Crippen MR) is 105 cm³/mol. The first-order chi connectivity index (χ1) is 13.0. The highest BCUT2D eigenvalue weighted by Crippen LogP contribution is 2.33. The van der Waals surface area contributed by atoms with Crippen LogP contribution in [-0.4, -0.2) is 10.9 Å². The first kappa shape index (κ1) is 18.1. The molecule has 5 nitrogen and oxygen atoms in total. The van der Waals surface area contributed by atoms with E-state index >= 15 is 0 Å². The first-order valence-electron chi connectivity index (χ1n) is 7.85. The van der Waals surface area contributed by atoms with E-state index in [1.807, 2.05) is 0 Å². The van der Waals surface area contributed by atoms with Crippen LogP contribution in [0.2, 0.25) is 15.1 Å². The van der Waals surface area contributed by atoms with Crippen molar-refractivity contribution < 1.29 is 14.0 Å². The lowest BCUT2D eigenvalue weighted by Crippen LogP contribution is -2.23. The van der Waals surface area contributed by atoms with E-state index in [1.165, 1.54) is 12.4 Å². The zero-order valence-electron chi connectivity index (χ0n) is 13.6. The van der Waals surface area contributed by atoms with Gasteiger partial charge in [-0.2, -0.15) is 0 Å². The number of nitrogens with one attached hydrogen (secondary N) is 1. The minimum atomic E-state index is -0.426. The average molecular weight is 422 g/mol. The third-order valence-corrected chi connectivity index (χ3v) is 4.92. The number of rotatable bonds is 4. The van der Waals surface area contributed by atoms with Gasteiger partial charge in [0, 0.05) is 33.8 Å². The van der Waals surface area contributed by atoms with Crippen molar-refractivity contribution in [3.05, 3.63) is 75.0 Å². The maximum atomic E-state index is 12.7. The summed E-state index contributed by atoms with van der Waals surface area (Å²) in [4.78, 5) is 21.8. The number of halogens is 3. The molecule has 0 aliphatic heterocycles. The number of nitrogens with zero attached hydrogens (tertiary/aromatic N) is 1. The van der Waals surface area contributed by atoms with E-state index in [-0.39, 0.29) is 6.61 Å². The molecule has 4 aromatic rings. The Morgan fingerprint density at radius 1 is 1.07 bits per heavy atom. The summed E-state index contributed by atoms with van der Waals surface area (Å²) in [5.74, 6) is -0.426. The van der Waals surface area contributed by atoms with Gasteiger partial charge in [-0.3, -0.25) is 14.6 Å². The minimum absolute atomic E-state index is 0.000133. The Morgan fingerprint density at radius 3 is 2.63 bits per heavy atom. The number of carbonyl (C=O) groups excluding carboxylic acids is 1. The third kappa shape index (κ3) is 3.47. The molecule has 1 amide bonds. The minimum Gasteiger partial charge on any atom is -0.456 e. The molecule has 0 radical (unpaired) electrons. The smallest absolute Gasteiger partial charge is 0.275 e. The molecule has 27 heavy (non-hydrogen) atoms. The van der Waals surface area contributed by atoms with Gasteiger partial charge < -0.3 is 4.42 Å². The van der Waals surface area contributed by atoms with Gasteiger partial charge in [-0.15, -0.1) is 0 Å². The molecule has 0 fully saturated rings. The molecule has 0 unspecified atom stereocenters. The van der Waals surface area contributed by atoms with Crippen LogP contribution in [0.1, 0.15) is 15.9 Å². The predicted octanol–water partition coefficient (Wildman–Crippen LogP) is 5.80. The molecular formula is C19H11Cl3N2O3. The van der Waals surface area contributed by atoms with Crippen LogP contribution in [0, 0.1) is 0 Å². The molecule has 2 aromatic carbocycles. The fourth-order valence-electron chi connectivity index (χ4n) is 2.79. The Labute approximate surface area is 168 Å². The van der Waals surface area contributed by atoms with Crippen LogP contribution in [0.5, 0.6) is 0 Å². The van der Waals surface area contributed by atoms with Gasteiger partial charge in [0.05, 0.1) is 15.6 Å². The van der Waals surface area contributed by atoms with Crippen molar-refractivity contribution >= 4 is 62.6 Å². The molecule has 136 valence electrons. The molecule has 2 aromatic heterocycles. The summed E-state index contributed by atoms with van der Waals surface area (Å²) in [5.41, 5.74) is 4.58. The molecule has 4 rings (SSSR count). The summed E-state index contributed by atoms with van der Waals surface area (Å²) in [6.45, 7) is -0.000133. The normalized spacial score (nSPS) is 11.2. The maximum absolute atomic E-state index is 12.7. The molecule has 0 saturated carbocycles. The number of hydrogen-bond acceptors (Lipinski definition) is 4. The number of amides is 1. The van der Waals surface area contributed by atoms with Crippen molar-refractivity contribution in [1.82, 2.24) is 10.5 Å². The summed E-state index contributed by atoms with van der Waals surface area (Å²) in [6.07, 6.45) is 2.91. The fraction of sp³-hybridized carbons (Fsp3) is 0.0526. The largest absolute Gasteiger partial charge is 0.456 e. The maximum Gasteiger partial charge on any atom is 0.275 e. The van der Waals surface area contributed by atoms with Crippen LogP contribution in [-0.2, 0) is 11.4 Å². The van der Waals surface area contributed by atoms with Crippen LogP contribution in [0.3, 0.4) is 0 Å². The van der Waals surface area contributed by atoms with Gasteiger partial charge in [0.2, 0.25) is 0 Å². The van der Waals surface area contributed by atoms with E-state index in [9.17, 15) is 4.79 Å². The summed E-state index contributed by atoms with van der Waals surface area (Å²) >= 11 is 18.2. The highest BCUT2D eigenvalue weighted by atomic mass is 35.5. The van der Waals surface area contributed by atoms with Crippen LogP contribution in [0.4, 0.5) is 0 Å². The van der Waals surface area contributed by atoms with Gasteiger partial charge in [-0.1, -0.05) is 40.9 Å². The highest BCUT2D eigenvalue weighted by molar-refractivity contribution is 6.35. The van der Waals surface area contributed by atoms with Crippen LogP contribution in [0.25, 0.3) is 21.9 Å². The summed E-state index contributed by atoms with van der Waals surface area (Å²) in [5, 5.41) is 2.68. The van der Waals surface area contributed by atoms with E-state index in [0.717, 1.165) is 5.39 Å². The second-order valence-electron chi connectivity index (χ2n) is 5.72. The molecule has 2 heterocycles. The molecule has 0 aliphatic rings. The lowest BCUT2D eigenvalue weighted by Gasteiger charge is -2.09. The Hall–Kier alpha value is -2.31. The van der Waals surface area contributed by atoms with Crippen molar-refractivity contribution in [2.45, 2.75) is 6.61 Å². The van der Waals surface area contributed by atoms with E-state index in [0.29, 0.717) is 42.7 Å². The van der Waals surface area contributed by atoms with Crippen molar-refractivity contribution in [3.63, 3.8) is 0 Å². The number of furan rings is 1. The number of carbonyl (C=O) groups is 1. The second kappa shape index (κ2) is 7.37. The van der Waals surface area contributed by atoms with Crippen molar-refractivity contribution in [2.24, 2.45) is 0 Å². The van der Waals surface area contributed by atoms with Crippen LogP contribution >= 0.6 is 34.8 Å². The van der Waals surface area contributed by atoms with E-state index in [4.69, 9.17) is 44.1 Å². The number of pyridine rings is 1. The zero-order chi connectivity index (χ0) is 19.0. The van der Waals surface area contributed by atoms with Gasteiger partial charge in [0.1, 0.15) is 17.8 Å². The lowest BCUT2D eigenvalue weighted by atomic mass is 10.1. The second-order valence-corrected chi connectivity index (χ2v) is 6.97. The topological polar surface area (TPSA) is 64.4 Å². The van der Waals surface area contributed by atoms with E-state index in [2.05, 4.69) is 10.5 Å². The quantitative estimate of drug-likeness (QED) is 0.423.